The van der Waals surface area contributed by atoms with E-state index < -0.39 is 23.6 Å². The van der Waals surface area contributed by atoms with E-state index >= 15 is 0 Å². The quantitative estimate of drug-likeness (QED) is 0.184. The molecule has 0 atom stereocenters. The number of carbonyl (C=O) groups excluding carboxylic acids is 2. The Bertz CT molecular complexity index is 1750. The lowest BCUT2D eigenvalue weighted by molar-refractivity contribution is -0.141. The van der Waals surface area contributed by atoms with Gasteiger partial charge in [-0.3, -0.25) is 10.1 Å². The van der Waals surface area contributed by atoms with Crippen LogP contribution in [-0.4, -0.2) is 17.5 Å². The molecule has 5 aromatic rings. The van der Waals surface area contributed by atoms with Crippen LogP contribution in [0.15, 0.2) is 91.0 Å². The molecule has 0 saturated heterocycles. The van der Waals surface area contributed by atoms with Gasteiger partial charge in [-0.2, -0.15) is 13.2 Å². The van der Waals surface area contributed by atoms with Crippen molar-refractivity contribution in [2.75, 3.05) is 5.32 Å². The van der Waals surface area contributed by atoms with E-state index in [1.165, 1.54) is 6.07 Å². The minimum Gasteiger partial charge on any atom is -0.456 e. The number of nitrogens with one attached hydrogen (secondary N) is 1. The number of thiophene rings is 1. The summed E-state index contributed by atoms with van der Waals surface area (Å²) in [6.45, 7) is 0.523. The van der Waals surface area contributed by atoms with Gasteiger partial charge in [0.15, 0.2) is 0 Å². The lowest BCUT2D eigenvalue weighted by atomic mass is 9.99. The molecule has 0 unspecified atom stereocenters. The molecule has 3 aromatic carbocycles. The fourth-order valence-corrected chi connectivity index (χ4v) is 5.92. The molecule has 1 aliphatic carbocycles. The Morgan fingerprint density at radius 1 is 0.905 bits per heavy atom. The van der Waals surface area contributed by atoms with Gasteiger partial charge in [0.25, 0.3) is 6.47 Å². The van der Waals surface area contributed by atoms with Crippen LogP contribution in [0.1, 0.15) is 29.7 Å². The van der Waals surface area contributed by atoms with Crippen molar-refractivity contribution in [1.82, 2.24) is 4.98 Å². The van der Waals surface area contributed by atoms with Crippen molar-refractivity contribution < 1.29 is 32.2 Å². The number of anilines is 1. The third-order valence-electron chi connectivity index (χ3n) is 7.15. The van der Waals surface area contributed by atoms with Crippen LogP contribution in [0, 0.1) is 0 Å². The van der Waals surface area contributed by atoms with Crippen LogP contribution in [0.4, 0.5) is 23.7 Å². The van der Waals surface area contributed by atoms with Crippen molar-refractivity contribution in [3.05, 3.63) is 108 Å². The van der Waals surface area contributed by atoms with Crippen LogP contribution in [0.3, 0.4) is 0 Å². The van der Waals surface area contributed by atoms with Crippen LogP contribution in [0.25, 0.3) is 31.8 Å². The number of halogens is 3. The number of pyridine rings is 1. The summed E-state index contributed by atoms with van der Waals surface area (Å²) in [4.78, 5) is 28.2. The molecule has 0 radical (unpaired) electrons. The van der Waals surface area contributed by atoms with Crippen molar-refractivity contribution in [2.45, 2.75) is 31.2 Å². The van der Waals surface area contributed by atoms with Crippen molar-refractivity contribution in [3.63, 3.8) is 0 Å². The number of fused-ring (bicyclic) bond motifs is 1. The highest BCUT2D eigenvalue weighted by Gasteiger charge is 2.46. The summed E-state index contributed by atoms with van der Waals surface area (Å²) in [5, 5.41) is 3.12. The predicted molar refractivity (Wildman–Crippen MR) is 154 cm³/mol. The molecule has 6 nitrogen and oxygen atoms in total. The fourth-order valence-electron chi connectivity index (χ4n) is 4.79. The number of ether oxygens (including phenoxy) is 2. The normalized spacial score (nSPS) is 13.9. The topological polar surface area (TPSA) is 77.5 Å². The zero-order chi connectivity index (χ0) is 29.3. The van der Waals surface area contributed by atoms with E-state index in [1.807, 2.05) is 78.9 Å². The van der Waals surface area contributed by atoms with Gasteiger partial charge in [-0.15, -0.1) is 11.3 Å². The van der Waals surface area contributed by atoms with Crippen LogP contribution in [-0.2, 0) is 32.7 Å². The maximum absolute atomic E-state index is 13.4. The zero-order valence-corrected chi connectivity index (χ0v) is 22.8. The smallest absolute Gasteiger partial charge is 0.433 e. The van der Waals surface area contributed by atoms with Gasteiger partial charge in [0, 0.05) is 5.39 Å². The predicted octanol–water partition coefficient (Wildman–Crippen LogP) is 8.56. The highest BCUT2D eigenvalue weighted by atomic mass is 32.1. The SMILES string of the molecule is O=COC1(c2ccc(-c3ccc(-c4sc5nc(C(F)(F)F)ccc5c4NC(=O)OCc4ccccc4)cc3)cc2)CC1. The number of hydrogen-bond donors (Lipinski definition) is 1. The number of amides is 1. The van der Waals surface area contributed by atoms with Crippen LogP contribution < -0.4 is 5.32 Å². The van der Waals surface area contributed by atoms with Gasteiger partial charge in [0.2, 0.25) is 0 Å². The van der Waals surface area contributed by atoms with Crippen molar-refractivity contribution in [3.8, 4) is 21.6 Å². The summed E-state index contributed by atoms with van der Waals surface area (Å²) in [5.74, 6) is 0. The molecule has 0 spiro atoms. The molecule has 10 heteroatoms. The molecule has 2 aromatic heterocycles. The minimum atomic E-state index is -4.60. The molecule has 2 heterocycles. The molecule has 1 N–H and O–H groups in total. The standard InChI is InChI=1S/C32H23F3N2O4S/c33-32(34,35)26-15-14-25-27(37-30(39)40-18-20-4-2-1-3-5-20)28(42-29(25)36-26)23-8-6-21(7-9-23)22-10-12-24(13-11-22)31(16-17-31)41-19-38/h1-15,19H,16-18H2,(H,37,39). The second-order valence-electron chi connectivity index (χ2n) is 9.90. The number of nitrogens with zero attached hydrogens (tertiary/aromatic N) is 1. The molecular formula is C32H23F3N2O4S. The van der Waals surface area contributed by atoms with E-state index in [0.29, 0.717) is 28.0 Å². The molecule has 0 bridgehead atoms. The van der Waals surface area contributed by atoms with Gasteiger partial charge in [-0.1, -0.05) is 78.9 Å². The first-order valence-corrected chi connectivity index (χ1v) is 13.9. The highest BCUT2D eigenvalue weighted by molar-refractivity contribution is 7.22. The van der Waals surface area contributed by atoms with E-state index in [4.69, 9.17) is 9.47 Å². The molecule has 1 aliphatic rings. The molecule has 42 heavy (non-hydrogen) atoms. The number of aromatic nitrogens is 1. The number of carbonyl (C=O) groups is 2. The molecular weight excluding hydrogens is 565 g/mol. The van der Waals surface area contributed by atoms with Crippen LogP contribution >= 0.6 is 11.3 Å². The van der Waals surface area contributed by atoms with E-state index in [-0.39, 0.29) is 11.4 Å². The zero-order valence-electron chi connectivity index (χ0n) is 22.0. The first-order chi connectivity index (χ1) is 20.3. The number of alkyl halides is 3. The Morgan fingerprint density at radius 2 is 1.55 bits per heavy atom. The third kappa shape index (κ3) is 5.58. The second-order valence-corrected chi connectivity index (χ2v) is 10.9. The Kier molecular flexibility index (Phi) is 7.16. The first-order valence-electron chi connectivity index (χ1n) is 13.1. The minimum absolute atomic E-state index is 0.0381. The Morgan fingerprint density at radius 3 is 2.17 bits per heavy atom. The van der Waals surface area contributed by atoms with Gasteiger partial charge >= 0.3 is 12.3 Å². The first kappa shape index (κ1) is 27.5. The second kappa shape index (κ2) is 10.9. The largest absolute Gasteiger partial charge is 0.456 e. The summed E-state index contributed by atoms with van der Waals surface area (Å²) >= 11 is 1.06. The summed E-state index contributed by atoms with van der Waals surface area (Å²) in [7, 11) is 0. The van der Waals surface area contributed by atoms with Gasteiger partial charge in [0.1, 0.15) is 22.7 Å². The molecule has 1 fully saturated rings. The van der Waals surface area contributed by atoms with E-state index in [9.17, 15) is 22.8 Å². The number of rotatable bonds is 8. The summed E-state index contributed by atoms with van der Waals surface area (Å²) < 4.78 is 50.8. The van der Waals surface area contributed by atoms with Crippen molar-refractivity contribution in [2.24, 2.45) is 0 Å². The van der Waals surface area contributed by atoms with Gasteiger partial charge < -0.3 is 9.47 Å². The summed E-state index contributed by atoms with van der Waals surface area (Å²) in [6, 6.07) is 26.6. The monoisotopic (exact) mass is 588 g/mol. The average Bonchev–Trinajstić information content (AvgIpc) is 3.70. The van der Waals surface area contributed by atoms with Crippen molar-refractivity contribution >= 4 is 39.8 Å². The average molecular weight is 589 g/mol. The fraction of sp³-hybridized carbons (Fsp3) is 0.156. The summed E-state index contributed by atoms with van der Waals surface area (Å²) in [5.41, 5.74) is 3.11. The molecule has 1 amide bonds. The Balaban J connectivity index is 1.29. The number of benzene rings is 3. The molecule has 1 saturated carbocycles. The highest BCUT2D eigenvalue weighted by Crippen LogP contribution is 2.49. The Hall–Kier alpha value is -4.70. The lowest BCUT2D eigenvalue weighted by Gasteiger charge is -2.14. The lowest BCUT2D eigenvalue weighted by Crippen LogP contribution is -2.14. The number of hydrogen-bond acceptors (Lipinski definition) is 6. The Labute approximate surface area is 242 Å². The van der Waals surface area contributed by atoms with Gasteiger partial charge in [0.05, 0.1) is 10.6 Å². The van der Waals surface area contributed by atoms with Gasteiger partial charge in [-0.25, -0.2) is 9.78 Å². The maximum atomic E-state index is 13.4. The third-order valence-corrected chi connectivity index (χ3v) is 8.30. The molecule has 212 valence electrons. The van der Waals surface area contributed by atoms with Crippen LogP contribution in [0.5, 0.6) is 0 Å². The van der Waals surface area contributed by atoms with Crippen LogP contribution in [0.2, 0.25) is 0 Å². The van der Waals surface area contributed by atoms with E-state index in [2.05, 4.69) is 10.3 Å². The van der Waals surface area contributed by atoms with Crippen molar-refractivity contribution in [1.29, 1.82) is 0 Å². The van der Waals surface area contributed by atoms with E-state index in [1.54, 1.807) is 0 Å². The molecule has 6 rings (SSSR count). The summed E-state index contributed by atoms with van der Waals surface area (Å²) in [6.07, 6.45) is -3.74. The molecule has 0 aliphatic heterocycles. The maximum Gasteiger partial charge on any atom is 0.433 e. The van der Waals surface area contributed by atoms with Gasteiger partial charge in [-0.05, 0) is 52.8 Å². The van der Waals surface area contributed by atoms with E-state index in [0.717, 1.165) is 52.5 Å².